The Balaban J connectivity index is 1.44. The summed E-state index contributed by atoms with van der Waals surface area (Å²) in [5.41, 5.74) is 0. The van der Waals surface area contributed by atoms with Gasteiger partial charge >= 0.3 is 0 Å². The van der Waals surface area contributed by atoms with Gasteiger partial charge in [-0.25, -0.2) is 14.7 Å². The Morgan fingerprint density at radius 3 is 2.81 bits per heavy atom. The number of likely N-dealkylation sites (tertiary alicyclic amines) is 1. The number of aromatic nitrogens is 6. The highest BCUT2D eigenvalue weighted by atomic mass is 15.4. The molecule has 0 aliphatic carbocycles. The number of likely N-dealkylation sites (N-methyl/N-ethyl adjacent to an activating group) is 1. The van der Waals surface area contributed by atoms with E-state index in [9.17, 15) is 0 Å². The van der Waals surface area contributed by atoms with Gasteiger partial charge in [0.1, 0.15) is 18.2 Å². The van der Waals surface area contributed by atoms with E-state index in [1.165, 1.54) is 19.4 Å². The van der Waals surface area contributed by atoms with E-state index >= 15 is 0 Å². The van der Waals surface area contributed by atoms with Gasteiger partial charge < -0.3 is 15.2 Å². The van der Waals surface area contributed by atoms with Gasteiger partial charge in [-0.3, -0.25) is 4.90 Å². The van der Waals surface area contributed by atoms with Crippen LogP contribution in [-0.4, -0.2) is 72.1 Å². The molecule has 0 radical (unpaired) electrons. The van der Waals surface area contributed by atoms with Crippen LogP contribution in [0.25, 0.3) is 0 Å². The first kappa shape index (κ1) is 22.7. The summed E-state index contributed by atoms with van der Waals surface area (Å²) in [4.78, 5) is 12.1. The number of hydrogen-bond acceptors (Lipinski definition) is 6. The summed E-state index contributed by atoms with van der Waals surface area (Å²) in [6.45, 7) is 13.0. The fraction of sp³-hybridized carbons (Fsp3) is 0.773. The molecule has 32 heavy (non-hydrogen) atoms. The van der Waals surface area contributed by atoms with Gasteiger partial charge in [-0.1, -0.05) is 20.8 Å². The fourth-order valence-electron chi connectivity index (χ4n) is 4.53. The van der Waals surface area contributed by atoms with Crippen molar-refractivity contribution in [3.05, 3.63) is 23.3 Å². The van der Waals surface area contributed by atoms with Gasteiger partial charge in [0.25, 0.3) is 0 Å². The normalized spacial score (nSPS) is 21.9. The van der Waals surface area contributed by atoms with Crippen molar-refractivity contribution in [2.75, 3.05) is 19.6 Å². The molecule has 2 unspecified atom stereocenters. The van der Waals surface area contributed by atoms with Crippen LogP contribution in [0.1, 0.15) is 69.2 Å². The Morgan fingerprint density at radius 1 is 1.25 bits per heavy atom. The molecule has 2 N–H and O–H groups in total. The summed E-state index contributed by atoms with van der Waals surface area (Å²) in [5, 5.41) is 20.4. The van der Waals surface area contributed by atoms with E-state index < -0.39 is 0 Å². The summed E-state index contributed by atoms with van der Waals surface area (Å²) in [6.07, 6.45) is 4.46. The molecule has 0 amide bonds. The third-order valence-electron chi connectivity index (χ3n) is 6.70. The molecule has 10 nitrogen and oxygen atoms in total. The molecular weight excluding hydrogens is 404 g/mol. The van der Waals surface area contributed by atoms with E-state index in [0.717, 1.165) is 61.7 Å². The van der Waals surface area contributed by atoms with Gasteiger partial charge in [0, 0.05) is 38.0 Å². The first-order valence-electron chi connectivity index (χ1n) is 12.0. The Kier molecular flexibility index (Phi) is 7.07. The van der Waals surface area contributed by atoms with Gasteiger partial charge in [-0.15, -0.1) is 10.2 Å². The Morgan fingerprint density at radius 2 is 2.09 bits per heavy atom. The zero-order valence-corrected chi connectivity index (χ0v) is 20.2. The van der Waals surface area contributed by atoms with Crippen LogP contribution in [-0.2, 0) is 26.6 Å². The number of hydrogen-bond donors (Lipinski definition) is 2. The monoisotopic (exact) mass is 442 g/mol. The molecule has 0 aromatic carbocycles. The first-order valence-corrected chi connectivity index (χ1v) is 12.0. The highest BCUT2D eigenvalue weighted by Crippen LogP contribution is 2.18. The van der Waals surface area contributed by atoms with Gasteiger partial charge in [0.15, 0.2) is 17.6 Å². The molecule has 2 aliphatic heterocycles. The molecule has 1 saturated heterocycles. The van der Waals surface area contributed by atoms with E-state index in [1.807, 2.05) is 18.5 Å². The number of guanidine groups is 1. The summed E-state index contributed by atoms with van der Waals surface area (Å²) in [5.74, 6) is 4.98. The zero-order chi connectivity index (χ0) is 22.7. The van der Waals surface area contributed by atoms with Gasteiger partial charge in [-0.2, -0.15) is 5.10 Å². The SMILES string of the molecule is CCN1CCCC1CNC(=NCc1nnc(C)n1C)NC1CCc2nc(C(C)C)nn2C1. The number of fused-ring (bicyclic) bond motifs is 1. The minimum Gasteiger partial charge on any atom is -0.355 e. The van der Waals surface area contributed by atoms with Gasteiger partial charge in [-0.05, 0) is 39.3 Å². The minimum atomic E-state index is 0.266. The first-order chi connectivity index (χ1) is 15.4. The maximum Gasteiger partial charge on any atom is 0.192 e. The van der Waals surface area contributed by atoms with Crippen LogP contribution in [0.5, 0.6) is 0 Å². The van der Waals surface area contributed by atoms with Crippen LogP contribution in [0.4, 0.5) is 0 Å². The summed E-state index contributed by atoms with van der Waals surface area (Å²) >= 11 is 0. The van der Waals surface area contributed by atoms with Crippen molar-refractivity contribution in [1.29, 1.82) is 0 Å². The van der Waals surface area contributed by atoms with Crippen LogP contribution in [0.3, 0.4) is 0 Å². The number of nitrogens with one attached hydrogen (secondary N) is 2. The van der Waals surface area contributed by atoms with Crippen molar-refractivity contribution in [2.24, 2.45) is 12.0 Å². The molecular formula is C22H38N10. The smallest absolute Gasteiger partial charge is 0.192 e. The standard InChI is InChI=1S/C22H38N10/c1-6-31-11-7-8-18(31)12-23-22(24-13-20-28-27-16(4)30(20)5)25-17-9-10-19-26-21(15(2)3)29-32(19)14-17/h15,17-18H,6-14H2,1-5H3,(H2,23,24,25). The van der Waals surface area contributed by atoms with Crippen molar-refractivity contribution in [3.63, 3.8) is 0 Å². The second-order valence-corrected chi connectivity index (χ2v) is 9.30. The molecule has 0 bridgehead atoms. The van der Waals surface area contributed by atoms with Crippen molar-refractivity contribution in [3.8, 4) is 0 Å². The lowest BCUT2D eigenvalue weighted by Crippen LogP contribution is -2.50. The van der Waals surface area contributed by atoms with Gasteiger partial charge in [0.2, 0.25) is 0 Å². The molecule has 2 aromatic heterocycles. The van der Waals surface area contributed by atoms with Crippen LogP contribution < -0.4 is 10.6 Å². The predicted octanol–water partition coefficient (Wildman–Crippen LogP) is 1.37. The van der Waals surface area contributed by atoms with E-state index in [4.69, 9.17) is 15.1 Å². The summed E-state index contributed by atoms with van der Waals surface area (Å²) < 4.78 is 4.06. The predicted molar refractivity (Wildman–Crippen MR) is 125 cm³/mol. The maximum atomic E-state index is 4.87. The molecule has 176 valence electrons. The zero-order valence-electron chi connectivity index (χ0n) is 20.2. The average molecular weight is 443 g/mol. The topological polar surface area (TPSA) is 101 Å². The third-order valence-corrected chi connectivity index (χ3v) is 6.70. The lowest BCUT2D eigenvalue weighted by molar-refractivity contribution is 0.266. The Bertz CT molecular complexity index is 927. The largest absolute Gasteiger partial charge is 0.355 e. The lowest BCUT2D eigenvalue weighted by Gasteiger charge is -2.27. The number of nitrogens with zero attached hydrogens (tertiary/aromatic N) is 8. The molecule has 4 heterocycles. The highest BCUT2D eigenvalue weighted by Gasteiger charge is 2.25. The quantitative estimate of drug-likeness (QED) is 0.493. The van der Waals surface area contributed by atoms with Crippen LogP contribution in [0.2, 0.25) is 0 Å². The van der Waals surface area contributed by atoms with E-state index in [0.29, 0.717) is 18.5 Å². The molecule has 0 saturated carbocycles. The van der Waals surface area contributed by atoms with Crippen molar-refractivity contribution >= 4 is 5.96 Å². The molecule has 2 aliphatic rings. The third kappa shape index (κ3) is 5.11. The molecule has 0 spiro atoms. The Hall–Kier alpha value is -2.49. The number of rotatable bonds is 7. The number of aliphatic imine (C=N–C) groups is 1. The number of aryl methyl sites for hydroxylation is 2. The van der Waals surface area contributed by atoms with Crippen LogP contribution in [0, 0.1) is 6.92 Å². The van der Waals surface area contributed by atoms with Gasteiger partial charge in [0.05, 0.1) is 6.54 Å². The molecule has 4 rings (SSSR count). The molecule has 2 aromatic rings. The van der Waals surface area contributed by atoms with Crippen molar-refractivity contribution < 1.29 is 0 Å². The second-order valence-electron chi connectivity index (χ2n) is 9.30. The lowest BCUT2D eigenvalue weighted by atomic mass is 10.1. The van der Waals surface area contributed by atoms with Crippen molar-refractivity contribution in [1.82, 2.24) is 45.1 Å². The minimum absolute atomic E-state index is 0.266. The molecule has 10 heteroatoms. The van der Waals surface area contributed by atoms with E-state index in [1.54, 1.807) is 0 Å². The maximum absolute atomic E-state index is 4.87. The second kappa shape index (κ2) is 9.97. The summed E-state index contributed by atoms with van der Waals surface area (Å²) in [7, 11) is 1.98. The highest BCUT2D eigenvalue weighted by molar-refractivity contribution is 5.80. The Labute approximate surface area is 190 Å². The average Bonchev–Trinajstić information content (AvgIpc) is 3.49. The van der Waals surface area contributed by atoms with Crippen LogP contribution >= 0.6 is 0 Å². The fourth-order valence-corrected chi connectivity index (χ4v) is 4.53. The molecule has 1 fully saturated rings. The van der Waals surface area contributed by atoms with E-state index in [-0.39, 0.29) is 6.04 Å². The summed E-state index contributed by atoms with van der Waals surface area (Å²) in [6, 6.07) is 0.827. The van der Waals surface area contributed by atoms with Crippen molar-refractivity contribution in [2.45, 2.75) is 84.5 Å². The van der Waals surface area contributed by atoms with E-state index in [2.05, 4.69) is 51.2 Å². The van der Waals surface area contributed by atoms with Crippen LogP contribution in [0.15, 0.2) is 4.99 Å². The molecule has 2 atom stereocenters.